The molecule has 2 aromatic rings. The van der Waals surface area contributed by atoms with Gasteiger partial charge in [-0.05, 0) is 48.6 Å². The Morgan fingerprint density at radius 2 is 2.04 bits per heavy atom. The molecule has 1 atom stereocenters. The highest BCUT2D eigenvalue weighted by molar-refractivity contribution is 9.10. The van der Waals surface area contributed by atoms with Gasteiger partial charge in [0.25, 0.3) is 0 Å². The van der Waals surface area contributed by atoms with Crippen molar-refractivity contribution in [2.75, 3.05) is 11.9 Å². The first-order valence-electron chi connectivity index (χ1n) is 7.66. The van der Waals surface area contributed by atoms with Crippen molar-refractivity contribution in [2.24, 2.45) is 0 Å². The highest BCUT2D eigenvalue weighted by atomic mass is 79.9. The van der Waals surface area contributed by atoms with Crippen molar-refractivity contribution in [1.82, 2.24) is 4.98 Å². The molecule has 0 amide bonds. The number of aryl methyl sites for hydroxylation is 1. The highest BCUT2D eigenvalue weighted by Crippen LogP contribution is 2.39. The van der Waals surface area contributed by atoms with E-state index in [1.807, 2.05) is 18.2 Å². The van der Waals surface area contributed by atoms with Gasteiger partial charge in [-0.3, -0.25) is 0 Å². The van der Waals surface area contributed by atoms with Crippen LogP contribution in [0.3, 0.4) is 0 Å². The third-order valence-electron chi connectivity index (χ3n) is 4.43. The molecule has 3 nitrogen and oxygen atoms in total. The smallest absolute Gasteiger partial charge is 0.394 e. The fraction of sp³-hybridized carbons (Fsp3) is 0.353. The summed E-state index contributed by atoms with van der Waals surface area (Å²) in [4.78, 5) is 3.60. The predicted molar refractivity (Wildman–Crippen MR) is 88.7 cm³/mol. The first-order valence-corrected chi connectivity index (χ1v) is 8.45. The Kier molecular flexibility index (Phi) is 4.76. The van der Waals surface area contributed by atoms with Gasteiger partial charge in [-0.1, -0.05) is 22.0 Å². The first-order chi connectivity index (χ1) is 11.7. The lowest BCUT2D eigenvalue weighted by molar-refractivity contribution is -0.138. The van der Waals surface area contributed by atoms with E-state index < -0.39 is 23.1 Å². The van der Waals surface area contributed by atoms with Crippen LogP contribution in [-0.4, -0.2) is 16.7 Å². The fourth-order valence-electron chi connectivity index (χ4n) is 3.20. The van der Waals surface area contributed by atoms with E-state index in [-0.39, 0.29) is 12.4 Å². The Labute approximate surface area is 150 Å². The Balaban J connectivity index is 1.99. The van der Waals surface area contributed by atoms with E-state index >= 15 is 0 Å². The SMILES string of the molecule is OCC1(Nc2ncc(C(F)(F)F)cc2F)CCCc2cc(Br)ccc21. The number of alkyl halides is 3. The lowest BCUT2D eigenvalue weighted by Gasteiger charge is -2.39. The molecule has 0 radical (unpaired) electrons. The van der Waals surface area contributed by atoms with E-state index in [9.17, 15) is 22.7 Å². The normalized spacial score (nSPS) is 20.2. The zero-order chi connectivity index (χ0) is 18.2. The van der Waals surface area contributed by atoms with Gasteiger partial charge in [0.15, 0.2) is 11.6 Å². The largest absolute Gasteiger partial charge is 0.417 e. The van der Waals surface area contributed by atoms with Gasteiger partial charge < -0.3 is 10.4 Å². The molecule has 2 N–H and O–H groups in total. The molecule has 3 rings (SSSR count). The van der Waals surface area contributed by atoms with E-state index in [2.05, 4.69) is 26.2 Å². The van der Waals surface area contributed by atoms with Crippen LogP contribution >= 0.6 is 15.9 Å². The predicted octanol–water partition coefficient (Wildman–Crippen LogP) is 4.64. The molecule has 0 spiro atoms. The second-order valence-electron chi connectivity index (χ2n) is 6.07. The summed E-state index contributed by atoms with van der Waals surface area (Å²) in [7, 11) is 0. The number of aromatic nitrogens is 1. The number of anilines is 1. The Morgan fingerprint density at radius 3 is 2.68 bits per heavy atom. The Bertz CT molecular complexity index is 797. The minimum atomic E-state index is -4.66. The Morgan fingerprint density at radius 1 is 1.28 bits per heavy atom. The molecular weight excluding hydrogens is 404 g/mol. The first kappa shape index (κ1) is 18.1. The molecule has 8 heteroatoms. The van der Waals surface area contributed by atoms with E-state index in [0.29, 0.717) is 18.7 Å². The van der Waals surface area contributed by atoms with E-state index in [0.717, 1.165) is 28.4 Å². The highest BCUT2D eigenvalue weighted by Gasteiger charge is 2.38. The molecule has 1 aliphatic carbocycles. The fourth-order valence-corrected chi connectivity index (χ4v) is 3.60. The van der Waals surface area contributed by atoms with Gasteiger partial charge in [0, 0.05) is 10.7 Å². The van der Waals surface area contributed by atoms with Gasteiger partial charge >= 0.3 is 6.18 Å². The topological polar surface area (TPSA) is 45.1 Å². The van der Waals surface area contributed by atoms with Crippen molar-refractivity contribution in [3.8, 4) is 0 Å². The van der Waals surface area contributed by atoms with Gasteiger partial charge in [0.2, 0.25) is 0 Å². The average Bonchev–Trinajstić information content (AvgIpc) is 2.55. The van der Waals surface area contributed by atoms with Crippen molar-refractivity contribution in [1.29, 1.82) is 0 Å². The average molecular weight is 419 g/mol. The molecule has 134 valence electrons. The van der Waals surface area contributed by atoms with Crippen LogP contribution in [0.25, 0.3) is 0 Å². The maximum Gasteiger partial charge on any atom is 0.417 e. The molecule has 0 fully saturated rings. The standard InChI is InChI=1S/C17H15BrF4N2O/c18-12-3-4-13-10(6-12)2-1-5-16(13,9-25)24-15-14(19)7-11(8-23-15)17(20,21)22/h3-4,6-8,25H,1-2,5,9H2,(H,23,24). The number of aliphatic hydroxyl groups excluding tert-OH is 1. The number of nitrogens with one attached hydrogen (secondary N) is 1. The number of benzene rings is 1. The Hall–Kier alpha value is -1.67. The van der Waals surface area contributed by atoms with E-state index in [1.54, 1.807) is 0 Å². The van der Waals surface area contributed by atoms with Gasteiger partial charge in [-0.25, -0.2) is 9.37 Å². The second-order valence-corrected chi connectivity index (χ2v) is 6.99. The summed E-state index contributed by atoms with van der Waals surface area (Å²) in [5, 5.41) is 12.8. The van der Waals surface area contributed by atoms with Crippen LogP contribution in [0.4, 0.5) is 23.4 Å². The second kappa shape index (κ2) is 6.57. The zero-order valence-electron chi connectivity index (χ0n) is 13.0. The third kappa shape index (κ3) is 3.50. The summed E-state index contributed by atoms with van der Waals surface area (Å²) < 4.78 is 53.0. The lowest BCUT2D eigenvalue weighted by atomic mass is 9.77. The van der Waals surface area contributed by atoms with Crippen LogP contribution in [0.1, 0.15) is 29.5 Å². The van der Waals surface area contributed by atoms with Crippen molar-refractivity contribution in [3.05, 3.63) is 57.4 Å². The van der Waals surface area contributed by atoms with Crippen LogP contribution in [-0.2, 0) is 18.1 Å². The number of rotatable bonds is 3. The maximum atomic E-state index is 14.2. The zero-order valence-corrected chi connectivity index (χ0v) is 14.6. The van der Waals surface area contributed by atoms with Gasteiger partial charge in [-0.2, -0.15) is 13.2 Å². The summed E-state index contributed by atoms with van der Waals surface area (Å²) in [6.45, 7) is -0.330. The third-order valence-corrected chi connectivity index (χ3v) is 4.92. The number of hydrogen-bond donors (Lipinski definition) is 2. The molecule has 0 saturated heterocycles. The molecular formula is C17H15BrF4N2O. The number of pyridine rings is 1. The minimum Gasteiger partial charge on any atom is -0.394 e. The van der Waals surface area contributed by atoms with Crippen molar-refractivity contribution in [2.45, 2.75) is 31.0 Å². The summed E-state index contributed by atoms with van der Waals surface area (Å²) in [5.74, 6) is -1.41. The quantitative estimate of drug-likeness (QED) is 0.713. The summed E-state index contributed by atoms with van der Waals surface area (Å²) in [6.07, 6.45) is -2.01. The maximum absolute atomic E-state index is 14.2. The number of halogens is 5. The molecule has 0 aliphatic heterocycles. The molecule has 0 saturated carbocycles. The van der Waals surface area contributed by atoms with Crippen LogP contribution in [0, 0.1) is 5.82 Å². The molecule has 1 unspecified atom stereocenters. The van der Waals surface area contributed by atoms with Crippen molar-refractivity contribution < 1.29 is 22.7 Å². The van der Waals surface area contributed by atoms with Crippen molar-refractivity contribution >= 4 is 21.7 Å². The number of nitrogens with zero attached hydrogens (tertiary/aromatic N) is 1. The van der Waals surface area contributed by atoms with Crippen LogP contribution in [0.2, 0.25) is 0 Å². The van der Waals surface area contributed by atoms with E-state index in [1.165, 1.54) is 0 Å². The summed E-state index contributed by atoms with van der Waals surface area (Å²) in [6, 6.07) is 5.97. The molecule has 1 aromatic heterocycles. The van der Waals surface area contributed by atoms with Gasteiger partial charge in [0.05, 0.1) is 17.7 Å². The number of aliphatic hydroxyl groups is 1. The molecule has 1 heterocycles. The molecule has 25 heavy (non-hydrogen) atoms. The molecule has 1 aliphatic rings. The van der Waals surface area contributed by atoms with Gasteiger partial charge in [-0.15, -0.1) is 0 Å². The lowest BCUT2D eigenvalue weighted by Crippen LogP contribution is -2.42. The van der Waals surface area contributed by atoms with Crippen molar-refractivity contribution in [3.63, 3.8) is 0 Å². The summed E-state index contributed by atoms with van der Waals surface area (Å²) >= 11 is 3.39. The molecule has 0 bridgehead atoms. The van der Waals surface area contributed by atoms with Crippen LogP contribution < -0.4 is 5.32 Å². The minimum absolute atomic E-state index is 0.308. The monoisotopic (exact) mass is 418 g/mol. The van der Waals surface area contributed by atoms with Crippen LogP contribution in [0.5, 0.6) is 0 Å². The van der Waals surface area contributed by atoms with Gasteiger partial charge in [0.1, 0.15) is 0 Å². The summed E-state index contributed by atoms with van der Waals surface area (Å²) in [5.41, 5.74) is -0.344. The molecule has 1 aromatic carbocycles. The number of fused-ring (bicyclic) bond motifs is 1. The number of hydrogen-bond acceptors (Lipinski definition) is 3. The van der Waals surface area contributed by atoms with E-state index in [4.69, 9.17) is 0 Å². The van der Waals surface area contributed by atoms with Crippen LogP contribution in [0.15, 0.2) is 34.9 Å².